The van der Waals surface area contributed by atoms with Crippen LogP contribution in [-0.4, -0.2) is 17.0 Å². The zero-order valence-corrected chi connectivity index (χ0v) is 16.6. The normalized spacial score (nSPS) is 15.7. The molecule has 1 aromatic carbocycles. The van der Waals surface area contributed by atoms with Crippen LogP contribution >= 0.6 is 11.3 Å². The molecule has 6 nitrogen and oxygen atoms in total. The quantitative estimate of drug-likeness (QED) is 0.659. The molecule has 0 aliphatic heterocycles. The van der Waals surface area contributed by atoms with E-state index >= 15 is 0 Å². The van der Waals surface area contributed by atoms with Gasteiger partial charge in [0.15, 0.2) is 0 Å². The van der Waals surface area contributed by atoms with Crippen molar-refractivity contribution in [2.75, 3.05) is 0 Å². The highest BCUT2D eigenvalue weighted by Gasteiger charge is 2.24. The summed E-state index contributed by atoms with van der Waals surface area (Å²) in [5.74, 6) is 0.272. The lowest BCUT2D eigenvalue weighted by atomic mass is 9.90. The minimum Gasteiger partial charge on any atom is -0.360 e. The number of fused-ring (bicyclic) bond motifs is 1. The van der Waals surface area contributed by atoms with Crippen molar-refractivity contribution in [3.05, 3.63) is 63.0 Å². The van der Waals surface area contributed by atoms with Crippen LogP contribution in [0.25, 0.3) is 11.3 Å². The smallest absolute Gasteiger partial charge is 0.279 e. The van der Waals surface area contributed by atoms with Crippen LogP contribution in [0.3, 0.4) is 0 Å². The molecule has 1 aliphatic carbocycles. The van der Waals surface area contributed by atoms with Gasteiger partial charge in [0, 0.05) is 10.4 Å². The van der Waals surface area contributed by atoms with Crippen molar-refractivity contribution >= 4 is 23.2 Å². The molecule has 0 saturated carbocycles. The Kier molecular flexibility index (Phi) is 5.00. The van der Waals surface area contributed by atoms with Crippen LogP contribution in [0.5, 0.6) is 0 Å². The second kappa shape index (κ2) is 7.59. The zero-order valence-electron chi connectivity index (χ0n) is 15.7. The number of hydrogen-bond donors (Lipinski definition) is 2. The van der Waals surface area contributed by atoms with Gasteiger partial charge in [0.1, 0.15) is 17.0 Å². The number of aromatic nitrogens is 1. The van der Waals surface area contributed by atoms with E-state index < -0.39 is 5.91 Å². The van der Waals surface area contributed by atoms with Gasteiger partial charge in [-0.25, -0.2) is 0 Å². The van der Waals surface area contributed by atoms with Crippen LogP contribution in [0.1, 0.15) is 49.6 Å². The molecule has 2 heterocycles. The van der Waals surface area contributed by atoms with Crippen LogP contribution in [0, 0.1) is 12.8 Å². The summed E-state index contributed by atoms with van der Waals surface area (Å²) < 4.78 is 5.21. The van der Waals surface area contributed by atoms with Crippen molar-refractivity contribution in [2.24, 2.45) is 5.92 Å². The molecule has 0 spiro atoms. The van der Waals surface area contributed by atoms with Gasteiger partial charge in [-0.05, 0) is 43.7 Å². The van der Waals surface area contributed by atoms with E-state index in [1.165, 1.54) is 21.8 Å². The number of thiophene rings is 1. The number of nitrogens with one attached hydrogen (secondary N) is 2. The SMILES string of the molecule is Cc1onc(-c2ccccc2)c1C(=O)NNC(=O)c1cc2c(s1)CC[C@@H](C)C2. The Hall–Kier alpha value is -2.93. The van der Waals surface area contributed by atoms with Crippen molar-refractivity contribution in [3.8, 4) is 11.3 Å². The Morgan fingerprint density at radius 1 is 1.18 bits per heavy atom. The highest BCUT2D eigenvalue weighted by atomic mass is 32.1. The van der Waals surface area contributed by atoms with Crippen molar-refractivity contribution in [1.82, 2.24) is 16.0 Å². The highest BCUT2D eigenvalue weighted by Crippen LogP contribution is 2.32. The topological polar surface area (TPSA) is 84.2 Å². The summed E-state index contributed by atoms with van der Waals surface area (Å²) in [6.45, 7) is 3.90. The third-order valence-corrected chi connectivity index (χ3v) is 6.22. The van der Waals surface area contributed by atoms with Crippen molar-refractivity contribution in [1.29, 1.82) is 0 Å². The number of benzene rings is 1. The number of rotatable bonds is 3. The molecule has 3 aromatic rings. The summed E-state index contributed by atoms with van der Waals surface area (Å²) in [5.41, 5.74) is 7.79. The fourth-order valence-corrected chi connectivity index (χ4v) is 4.59. The first kappa shape index (κ1) is 18.4. The Morgan fingerprint density at radius 2 is 1.93 bits per heavy atom. The van der Waals surface area contributed by atoms with Crippen LogP contribution in [0.4, 0.5) is 0 Å². The predicted molar refractivity (Wildman–Crippen MR) is 107 cm³/mol. The number of amides is 2. The molecule has 0 radical (unpaired) electrons. The number of hydrogen-bond acceptors (Lipinski definition) is 5. The maximum Gasteiger partial charge on any atom is 0.279 e. The highest BCUT2D eigenvalue weighted by molar-refractivity contribution is 7.14. The first-order valence-electron chi connectivity index (χ1n) is 9.27. The van der Waals surface area contributed by atoms with Gasteiger partial charge >= 0.3 is 0 Å². The Bertz CT molecular complexity index is 1020. The maximum absolute atomic E-state index is 12.7. The fraction of sp³-hybridized carbons (Fsp3) is 0.286. The van der Waals surface area contributed by atoms with Gasteiger partial charge < -0.3 is 4.52 Å². The van der Waals surface area contributed by atoms with Gasteiger partial charge in [-0.3, -0.25) is 20.4 Å². The standard InChI is InChI=1S/C21H21N3O3S/c1-12-8-9-16-15(10-12)11-17(28-16)20(25)22-23-21(26)18-13(2)27-24-19(18)14-6-4-3-5-7-14/h3-7,11-12H,8-10H2,1-2H3,(H,22,25)(H,23,26)/t12-/m1/s1. The molecular weight excluding hydrogens is 374 g/mol. The molecule has 1 aliphatic rings. The first-order chi connectivity index (χ1) is 13.5. The summed E-state index contributed by atoms with van der Waals surface area (Å²) in [7, 11) is 0. The number of hydrazine groups is 1. The molecule has 0 unspecified atom stereocenters. The summed E-state index contributed by atoms with van der Waals surface area (Å²) in [6.07, 6.45) is 3.17. The maximum atomic E-state index is 12.7. The minimum atomic E-state index is -0.458. The van der Waals surface area contributed by atoms with Crippen LogP contribution in [0.2, 0.25) is 0 Å². The Labute approximate surface area is 166 Å². The molecule has 7 heteroatoms. The lowest BCUT2D eigenvalue weighted by Crippen LogP contribution is -2.41. The van der Waals surface area contributed by atoms with Gasteiger partial charge in [0.25, 0.3) is 11.8 Å². The third kappa shape index (κ3) is 3.57. The average Bonchev–Trinajstić information content (AvgIpc) is 3.29. The van der Waals surface area contributed by atoms with Crippen molar-refractivity contribution < 1.29 is 14.1 Å². The van der Waals surface area contributed by atoms with Crippen LogP contribution in [0.15, 0.2) is 40.9 Å². The summed E-state index contributed by atoms with van der Waals surface area (Å²) in [6, 6.07) is 11.3. The number of carbonyl (C=O) groups is 2. The van der Waals surface area contributed by atoms with Gasteiger partial charge in [0.2, 0.25) is 0 Å². The molecular formula is C21H21N3O3S. The number of carbonyl (C=O) groups excluding carboxylic acids is 2. The average molecular weight is 395 g/mol. The van der Waals surface area contributed by atoms with Gasteiger partial charge in [-0.2, -0.15) is 0 Å². The van der Waals surface area contributed by atoms with E-state index in [-0.39, 0.29) is 5.91 Å². The van der Waals surface area contributed by atoms with E-state index in [1.807, 2.05) is 36.4 Å². The fourth-order valence-electron chi connectivity index (χ4n) is 3.49. The Morgan fingerprint density at radius 3 is 2.71 bits per heavy atom. The minimum absolute atomic E-state index is 0.309. The number of nitrogens with zero attached hydrogens (tertiary/aromatic N) is 1. The molecule has 2 aromatic heterocycles. The van der Waals surface area contributed by atoms with E-state index in [0.29, 0.717) is 27.8 Å². The molecule has 2 amide bonds. The monoisotopic (exact) mass is 395 g/mol. The van der Waals surface area contributed by atoms with Crippen molar-refractivity contribution in [3.63, 3.8) is 0 Å². The zero-order chi connectivity index (χ0) is 19.7. The van der Waals surface area contributed by atoms with Gasteiger partial charge in [0.05, 0.1) is 4.88 Å². The molecule has 144 valence electrons. The van der Waals surface area contributed by atoms with E-state index in [2.05, 4.69) is 22.9 Å². The molecule has 28 heavy (non-hydrogen) atoms. The molecule has 0 saturated heterocycles. The molecule has 0 bridgehead atoms. The lowest BCUT2D eigenvalue weighted by Gasteiger charge is -2.16. The van der Waals surface area contributed by atoms with Crippen LogP contribution in [-0.2, 0) is 12.8 Å². The van der Waals surface area contributed by atoms with Gasteiger partial charge in [-0.15, -0.1) is 11.3 Å². The molecule has 2 N–H and O–H groups in total. The van der Waals surface area contributed by atoms with Gasteiger partial charge in [-0.1, -0.05) is 42.4 Å². The molecule has 1 atom stereocenters. The second-order valence-corrected chi connectivity index (χ2v) is 8.28. The van der Waals surface area contributed by atoms with E-state index in [4.69, 9.17) is 4.52 Å². The first-order valence-corrected chi connectivity index (χ1v) is 10.1. The van der Waals surface area contributed by atoms with E-state index in [1.54, 1.807) is 6.92 Å². The molecule has 4 rings (SSSR count). The lowest BCUT2D eigenvalue weighted by molar-refractivity contribution is 0.0848. The third-order valence-electron chi connectivity index (χ3n) is 4.98. The Balaban J connectivity index is 1.47. The predicted octanol–water partition coefficient (Wildman–Crippen LogP) is 3.91. The van der Waals surface area contributed by atoms with Crippen LogP contribution < -0.4 is 10.9 Å². The largest absolute Gasteiger partial charge is 0.360 e. The van der Waals surface area contributed by atoms with E-state index in [0.717, 1.165) is 24.8 Å². The van der Waals surface area contributed by atoms with E-state index in [9.17, 15) is 9.59 Å². The number of aryl methyl sites for hydroxylation is 2. The summed E-state index contributed by atoms with van der Waals surface area (Å²) in [5, 5.41) is 4.00. The summed E-state index contributed by atoms with van der Waals surface area (Å²) in [4.78, 5) is 27.1. The second-order valence-electron chi connectivity index (χ2n) is 7.14. The molecule has 0 fully saturated rings. The van der Waals surface area contributed by atoms with Crippen molar-refractivity contribution in [2.45, 2.75) is 33.1 Å². The summed E-state index contributed by atoms with van der Waals surface area (Å²) >= 11 is 1.50.